The summed E-state index contributed by atoms with van der Waals surface area (Å²) in [5, 5.41) is 14.5. The molecule has 0 aromatic carbocycles. The molecular weight excluding hydrogens is 479 g/mol. The van der Waals surface area contributed by atoms with Crippen LogP contribution in [-0.4, -0.2) is 28.9 Å². The van der Waals surface area contributed by atoms with Gasteiger partial charge in [-0.05, 0) is 118 Å². The third-order valence-corrected chi connectivity index (χ3v) is 17.8. The monoisotopic (exact) mass is 527 g/mol. The summed E-state index contributed by atoms with van der Waals surface area (Å²) in [6.45, 7) is 17.1. The van der Waals surface area contributed by atoms with Crippen molar-refractivity contribution < 1.29 is 4.43 Å². The summed E-state index contributed by atoms with van der Waals surface area (Å²) in [7, 11) is -1.75. The quantitative estimate of drug-likeness (QED) is 0.362. The number of hydrogen-bond acceptors (Lipinski definition) is 4. The molecule has 5 rings (SSSR count). The Balaban J connectivity index is 1.22. The van der Waals surface area contributed by atoms with E-state index in [-0.39, 0.29) is 10.6 Å². The van der Waals surface area contributed by atoms with Crippen molar-refractivity contribution in [3.63, 3.8) is 0 Å². The molecular formula is C30H49N3OSSi. The van der Waals surface area contributed by atoms with Gasteiger partial charge in [0.05, 0.1) is 23.2 Å². The van der Waals surface area contributed by atoms with E-state index in [1.807, 2.05) is 10.9 Å². The lowest BCUT2D eigenvalue weighted by Crippen LogP contribution is -2.54. The second kappa shape index (κ2) is 9.45. The molecule has 6 heteroatoms. The first kappa shape index (κ1) is 26.8. The molecule has 0 N–H and O–H groups in total. The standard InChI is InChI=1S/C30H49N3OSSi/c1-28(2,3)36(6,7)34-29(4)14-12-23-22(16-29)8-9-25-24(23)13-15-30(5)26(25)10-11-27(30)35-20-33-19-21(17-31)18-32-33/h18-19,22-27H,8-16,20H2,1-7H3/t22-,23+,24-,25-,26+,27+,29-,30+/m1/s1. The average Bonchev–Trinajstić information content (AvgIpc) is 3.39. The second-order valence-electron chi connectivity index (χ2n) is 14.8. The Hall–Kier alpha value is -0.773. The van der Waals surface area contributed by atoms with Crippen molar-refractivity contribution in [3.05, 3.63) is 18.0 Å². The van der Waals surface area contributed by atoms with Gasteiger partial charge < -0.3 is 4.43 Å². The zero-order valence-corrected chi connectivity index (χ0v) is 25.7. The fourth-order valence-electron chi connectivity index (χ4n) is 8.81. The molecule has 8 atom stereocenters. The molecule has 4 aliphatic carbocycles. The Morgan fingerprint density at radius 3 is 2.53 bits per heavy atom. The Kier molecular flexibility index (Phi) is 7.04. The lowest BCUT2D eigenvalue weighted by Gasteiger charge is -2.58. The fraction of sp³-hybridized carbons (Fsp3) is 0.867. The highest BCUT2D eigenvalue weighted by atomic mass is 32.2. The first-order valence-corrected chi connectivity index (χ1v) is 18.6. The number of nitrogens with zero attached hydrogens (tertiary/aromatic N) is 3. The minimum atomic E-state index is -1.75. The topological polar surface area (TPSA) is 50.8 Å². The molecule has 36 heavy (non-hydrogen) atoms. The highest BCUT2D eigenvalue weighted by Gasteiger charge is 2.58. The molecule has 1 heterocycles. The largest absolute Gasteiger partial charge is 0.412 e. The average molecular weight is 528 g/mol. The summed E-state index contributed by atoms with van der Waals surface area (Å²) in [5.74, 6) is 5.48. The van der Waals surface area contributed by atoms with E-state index < -0.39 is 8.32 Å². The molecule has 1 aromatic rings. The van der Waals surface area contributed by atoms with Gasteiger partial charge in [0.25, 0.3) is 0 Å². The number of hydrogen-bond donors (Lipinski definition) is 0. The molecule has 200 valence electrons. The zero-order valence-electron chi connectivity index (χ0n) is 23.8. The summed E-state index contributed by atoms with van der Waals surface area (Å²) in [6.07, 6.45) is 16.0. The maximum absolute atomic E-state index is 9.11. The molecule has 4 nitrogen and oxygen atoms in total. The smallest absolute Gasteiger partial charge is 0.192 e. The minimum absolute atomic E-state index is 0.0905. The van der Waals surface area contributed by atoms with Crippen LogP contribution in [0.3, 0.4) is 0 Å². The number of aromatic nitrogens is 2. The van der Waals surface area contributed by atoms with Gasteiger partial charge in [0.15, 0.2) is 8.32 Å². The van der Waals surface area contributed by atoms with Crippen molar-refractivity contribution in [1.29, 1.82) is 5.26 Å². The highest BCUT2D eigenvalue weighted by Crippen LogP contribution is 2.65. The molecule has 0 saturated heterocycles. The Bertz CT molecular complexity index is 995. The van der Waals surface area contributed by atoms with Crippen molar-refractivity contribution in [1.82, 2.24) is 9.78 Å². The minimum Gasteiger partial charge on any atom is -0.412 e. The van der Waals surface area contributed by atoms with Crippen molar-refractivity contribution in [2.45, 2.75) is 127 Å². The maximum atomic E-state index is 9.11. The summed E-state index contributed by atoms with van der Waals surface area (Å²) in [4.78, 5) is 0. The van der Waals surface area contributed by atoms with E-state index in [1.165, 1.54) is 57.8 Å². The van der Waals surface area contributed by atoms with Crippen LogP contribution >= 0.6 is 11.8 Å². The van der Waals surface area contributed by atoms with Gasteiger partial charge in [-0.25, -0.2) is 0 Å². The SMILES string of the molecule is CC(C)(C)[Si](C)(C)O[C@]1(C)CC[C@H]2[C@H](CC[C@@H]3[C@@H]2CC[C@]2(C)[C@@H](SCn4cc(C#N)cn4)CC[C@@H]32)C1. The number of nitriles is 1. The van der Waals surface area contributed by atoms with Crippen molar-refractivity contribution in [2.24, 2.45) is 35.0 Å². The van der Waals surface area contributed by atoms with E-state index >= 15 is 0 Å². The van der Waals surface area contributed by atoms with Crippen LogP contribution in [0.4, 0.5) is 0 Å². The first-order valence-electron chi connectivity index (χ1n) is 14.6. The van der Waals surface area contributed by atoms with E-state index in [1.54, 1.807) is 6.20 Å². The summed E-state index contributed by atoms with van der Waals surface area (Å²) in [6, 6.07) is 2.21. The van der Waals surface area contributed by atoms with Gasteiger partial charge in [-0.3, -0.25) is 4.68 Å². The second-order valence-corrected chi connectivity index (χ2v) is 20.7. The Labute approximate surface area is 225 Å². The van der Waals surface area contributed by atoms with Crippen LogP contribution in [0.2, 0.25) is 18.1 Å². The lowest BCUT2D eigenvalue weighted by atomic mass is 9.50. The van der Waals surface area contributed by atoms with E-state index in [9.17, 15) is 0 Å². The third-order valence-electron chi connectivity index (χ3n) is 11.6. The molecule has 4 aliphatic rings. The van der Waals surface area contributed by atoms with Crippen LogP contribution in [0.5, 0.6) is 0 Å². The van der Waals surface area contributed by atoms with Crippen LogP contribution < -0.4 is 0 Å². The van der Waals surface area contributed by atoms with Gasteiger partial charge in [-0.2, -0.15) is 10.4 Å². The van der Waals surface area contributed by atoms with Gasteiger partial charge in [-0.15, -0.1) is 11.8 Å². The molecule has 0 amide bonds. The van der Waals surface area contributed by atoms with Gasteiger partial charge in [0, 0.05) is 11.4 Å². The molecule has 0 unspecified atom stereocenters. The summed E-state index contributed by atoms with van der Waals surface area (Å²) >= 11 is 2.09. The molecule has 0 radical (unpaired) electrons. The van der Waals surface area contributed by atoms with Gasteiger partial charge in [0.1, 0.15) is 6.07 Å². The van der Waals surface area contributed by atoms with Crippen LogP contribution in [0.1, 0.15) is 98.0 Å². The first-order chi connectivity index (χ1) is 16.9. The predicted octanol–water partition coefficient (Wildman–Crippen LogP) is 8.25. The van der Waals surface area contributed by atoms with E-state index in [0.717, 1.165) is 40.7 Å². The van der Waals surface area contributed by atoms with Crippen LogP contribution in [0.25, 0.3) is 0 Å². The van der Waals surface area contributed by atoms with Crippen LogP contribution in [0.15, 0.2) is 12.4 Å². The number of thioether (sulfide) groups is 1. The molecule has 4 saturated carbocycles. The van der Waals surface area contributed by atoms with E-state index in [2.05, 4.69) is 70.6 Å². The molecule has 0 aliphatic heterocycles. The van der Waals surface area contributed by atoms with Crippen molar-refractivity contribution in [2.75, 3.05) is 0 Å². The van der Waals surface area contributed by atoms with Crippen LogP contribution in [-0.2, 0) is 10.3 Å². The highest BCUT2D eigenvalue weighted by molar-refractivity contribution is 7.99. The fourth-order valence-corrected chi connectivity index (χ4v) is 12.0. The van der Waals surface area contributed by atoms with E-state index in [4.69, 9.17) is 9.69 Å². The van der Waals surface area contributed by atoms with E-state index in [0.29, 0.717) is 11.0 Å². The Morgan fingerprint density at radius 1 is 1.08 bits per heavy atom. The van der Waals surface area contributed by atoms with Crippen molar-refractivity contribution >= 4 is 20.1 Å². The lowest BCUT2D eigenvalue weighted by molar-refractivity contribution is -0.0886. The molecule has 0 spiro atoms. The summed E-state index contributed by atoms with van der Waals surface area (Å²) in [5.41, 5.74) is 1.23. The third kappa shape index (κ3) is 4.75. The van der Waals surface area contributed by atoms with Gasteiger partial charge in [0.2, 0.25) is 0 Å². The van der Waals surface area contributed by atoms with Crippen molar-refractivity contribution in [3.8, 4) is 6.07 Å². The van der Waals surface area contributed by atoms with Gasteiger partial charge >= 0.3 is 0 Å². The number of rotatable bonds is 5. The zero-order chi connectivity index (χ0) is 25.9. The normalized spacial score (nSPS) is 40.7. The maximum Gasteiger partial charge on any atom is 0.192 e. The van der Waals surface area contributed by atoms with Crippen LogP contribution in [0, 0.1) is 46.3 Å². The molecule has 0 bridgehead atoms. The molecule has 1 aromatic heterocycles. The summed E-state index contributed by atoms with van der Waals surface area (Å²) < 4.78 is 9.06. The Morgan fingerprint density at radius 2 is 1.83 bits per heavy atom. The van der Waals surface area contributed by atoms with Gasteiger partial charge in [-0.1, -0.05) is 27.7 Å². The molecule has 4 fully saturated rings. The number of fused-ring (bicyclic) bond motifs is 5. The predicted molar refractivity (Wildman–Crippen MR) is 152 cm³/mol.